The van der Waals surface area contributed by atoms with E-state index in [4.69, 9.17) is 16.3 Å². The van der Waals surface area contributed by atoms with Gasteiger partial charge in [0.2, 0.25) is 0 Å². The monoisotopic (exact) mass is 385 g/mol. The predicted molar refractivity (Wildman–Crippen MR) is 109 cm³/mol. The van der Waals surface area contributed by atoms with Crippen molar-refractivity contribution >= 4 is 33.7 Å². The number of fused-ring (bicyclic) bond motifs is 1. The quantitative estimate of drug-likeness (QED) is 0.336. The Kier molecular flexibility index (Phi) is 6.11. The van der Waals surface area contributed by atoms with E-state index in [1.165, 1.54) is 17.5 Å². The van der Waals surface area contributed by atoms with Gasteiger partial charge in [-0.05, 0) is 22.9 Å². The molecule has 0 spiro atoms. The molecule has 0 fully saturated rings. The highest BCUT2D eigenvalue weighted by molar-refractivity contribution is 6.33. The first-order chi connectivity index (χ1) is 13.1. The summed E-state index contributed by atoms with van der Waals surface area (Å²) in [7, 11) is 1.67. The summed E-state index contributed by atoms with van der Waals surface area (Å²) < 4.78 is 5.50. The van der Waals surface area contributed by atoms with Crippen LogP contribution in [0.2, 0.25) is 5.02 Å². The highest BCUT2D eigenvalue weighted by atomic mass is 35.5. The molecule has 7 heteroatoms. The minimum atomic E-state index is -0.464. The lowest BCUT2D eigenvalue weighted by Crippen LogP contribution is -2.22. The highest BCUT2D eigenvalue weighted by Gasteiger charge is 2.10. The molecule has 0 aliphatic rings. The highest BCUT2D eigenvalue weighted by Crippen LogP contribution is 2.28. The topological polar surface area (TPSA) is 76.4 Å². The van der Waals surface area contributed by atoms with E-state index in [9.17, 15) is 10.1 Å². The first-order valence-corrected chi connectivity index (χ1v) is 8.91. The van der Waals surface area contributed by atoms with Gasteiger partial charge in [0.15, 0.2) is 0 Å². The van der Waals surface area contributed by atoms with Crippen LogP contribution in [0.25, 0.3) is 10.8 Å². The average Bonchev–Trinajstić information content (AvgIpc) is 2.68. The van der Waals surface area contributed by atoms with Crippen molar-refractivity contribution in [1.82, 2.24) is 5.32 Å². The van der Waals surface area contributed by atoms with E-state index in [1.54, 1.807) is 13.2 Å². The molecule has 0 aliphatic carbocycles. The second-order valence-electron chi connectivity index (χ2n) is 5.99. The van der Waals surface area contributed by atoms with Gasteiger partial charge < -0.3 is 15.4 Å². The molecule has 0 aliphatic heterocycles. The van der Waals surface area contributed by atoms with Crippen LogP contribution in [0.15, 0.2) is 54.6 Å². The molecule has 0 bridgehead atoms. The van der Waals surface area contributed by atoms with Crippen LogP contribution >= 0.6 is 11.6 Å². The molecule has 0 saturated heterocycles. The number of hydrogen-bond acceptors (Lipinski definition) is 5. The molecular weight excluding hydrogens is 366 g/mol. The number of non-ortho nitro benzene ring substituents is 1. The molecule has 0 aromatic heterocycles. The van der Waals surface area contributed by atoms with Crippen molar-refractivity contribution in [2.24, 2.45) is 0 Å². The fourth-order valence-electron chi connectivity index (χ4n) is 2.95. The number of methoxy groups -OCH3 is 1. The van der Waals surface area contributed by atoms with E-state index < -0.39 is 4.92 Å². The molecule has 3 aromatic carbocycles. The third kappa shape index (κ3) is 4.48. The van der Waals surface area contributed by atoms with Crippen molar-refractivity contribution in [3.05, 3.63) is 75.3 Å². The van der Waals surface area contributed by atoms with Gasteiger partial charge in [0.1, 0.15) is 5.75 Å². The predicted octanol–water partition coefficient (Wildman–Crippen LogP) is 4.61. The lowest BCUT2D eigenvalue weighted by molar-refractivity contribution is -0.384. The van der Waals surface area contributed by atoms with Gasteiger partial charge in [-0.2, -0.15) is 0 Å². The standard InChI is InChI=1S/C20H20ClN3O3/c1-27-20-9-6-14-4-2-3-5-16(14)17(20)13-22-10-11-23-19-8-7-15(24(25)26)12-18(19)21/h2-9,12,22-23H,10-11,13H2,1H3. The van der Waals surface area contributed by atoms with E-state index >= 15 is 0 Å². The summed E-state index contributed by atoms with van der Waals surface area (Å²) in [5.41, 5.74) is 1.77. The Morgan fingerprint density at radius 2 is 1.93 bits per heavy atom. The number of nitrogens with zero attached hydrogens (tertiary/aromatic N) is 1. The van der Waals surface area contributed by atoms with Crippen molar-refractivity contribution in [1.29, 1.82) is 0 Å². The molecular formula is C20H20ClN3O3. The average molecular weight is 386 g/mol. The number of ether oxygens (including phenoxy) is 1. The minimum Gasteiger partial charge on any atom is -0.496 e. The molecule has 6 nitrogen and oxygen atoms in total. The normalized spacial score (nSPS) is 10.7. The molecule has 2 N–H and O–H groups in total. The summed E-state index contributed by atoms with van der Waals surface area (Å²) in [6.45, 7) is 1.99. The lowest BCUT2D eigenvalue weighted by Gasteiger charge is -2.14. The fourth-order valence-corrected chi connectivity index (χ4v) is 3.19. The van der Waals surface area contributed by atoms with Crippen molar-refractivity contribution in [3.8, 4) is 5.75 Å². The number of nitrogens with one attached hydrogen (secondary N) is 2. The second kappa shape index (κ2) is 8.70. The van der Waals surface area contributed by atoms with Crippen LogP contribution in [0, 0.1) is 10.1 Å². The maximum absolute atomic E-state index is 10.8. The van der Waals surface area contributed by atoms with Gasteiger partial charge in [-0.1, -0.05) is 41.9 Å². The lowest BCUT2D eigenvalue weighted by atomic mass is 10.0. The first kappa shape index (κ1) is 18.9. The van der Waals surface area contributed by atoms with E-state index in [2.05, 4.69) is 28.8 Å². The molecule has 0 heterocycles. The zero-order valence-corrected chi connectivity index (χ0v) is 15.6. The third-order valence-electron chi connectivity index (χ3n) is 4.30. The van der Waals surface area contributed by atoms with Gasteiger partial charge in [-0.15, -0.1) is 0 Å². The smallest absolute Gasteiger partial charge is 0.271 e. The van der Waals surface area contributed by atoms with Gasteiger partial charge >= 0.3 is 0 Å². The number of rotatable bonds is 8. The number of benzene rings is 3. The Balaban J connectivity index is 1.58. The molecule has 0 saturated carbocycles. The number of halogens is 1. The molecule has 3 rings (SSSR count). The van der Waals surface area contributed by atoms with Gasteiger partial charge in [0, 0.05) is 37.3 Å². The Morgan fingerprint density at radius 3 is 2.67 bits per heavy atom. The summed E-state index contributed by atoms with van der Waals surface area (Å²) in [6, 6.07) is 16.6. The Bertz CT molecular complexity index is 962. The Labute approximate surface area is 162 Å². The number of nitro groups is 1. The molecule has 27 heavy (non-hydrogen) atoms. The molecule has 0 radical (unpaired) electrons. The SMILES string of the molecule is COc1ccc2ccccc2c1CNCCNc1ccc([N+](=O)[O-])cc1Cl. The van der Waals surface area contributed by atoms with Gasteiger partial charge in [-0.3, -0.25) is 10.1 Å². The van der Waals surface area contributed by atoms with Gasteiger partial charge in [0.05, 0.1) is 22.7 Å². The van der Waals surface area contributed by atoms with Crippen molar-refractivity contribution in [2.45, 2.75) is 6.54 Å². The van der Waals surface area contributed by atoms with Crippen molar-refractivity contribution in [2.75, 3.05) is 25.5 Å². The Hall–Kier alpha value is -2.83. The number of nitro benzene ring substituents is 1. The summed E-state index contributed by atoms with van der Waals surface area (Å²) >= 11 is 6.08. The van der Waals surface area contributed by atoms with Crippen LogP contribution in [-0.4, -0.2) is 25.1 Å². The van der Waals surface area contributed by atoms with Crippen LogP contribution in [0.1, 0.15) is 5.56 Å². The zero-order chi connectivity index (χ0) is 19.2. The third-order valence-corrected chi connectivity index (χ3v) is 4.61. The van der Waals surface area contributed by atoms with E-state index in [0.717, 1.165) is 16.7 Å². The van der Waals surface area contributed by atoms with Gasteiger partial charge in [0.25, 0.3) is 5.69 Å². The molecule has 0 unspecified atom stereocenters. The molecule has 0 atom stereocenters. The maximum atomic E-state index is 10.8. The van der Waals surface area contributed by atoms with Crippen LogP contribution < -0.4 is 15.4 Å². The molecule has 0 amide bonds. The van der Waals surface area contributed by atoms with Crippen LogP contribution in [0.3, 0.4) is 0 Å². The molecule has 3 aromatic rings. The second-order valence-corrected chi connectivity index (χ2v) is 6.40. The van der Waals surface area contributed by atoms with Crippen LogP contribution in [0.5, 0.6) is 5.75 Å². The number of anilines is 1. The zero-order valence-electron chi connectivity index (χ0n) is 14.9. The van der Waals surface area contributed by atoms with Crippen LogP contribution in [-0.2, 0) is 6.54 Å². The number of hydrogen-bond donors (Lipinski definition) is 2. The first-order valence-electron chi connectivity index (χ1n) is 8.53. The molecule has 140 valence electrons. The largest absolute Gasteiger partial charge is 0.496 e. The summed E-state index contributed by atoms with van der Waals surface area (Å²) in [5.74, 6) is 0.854. The van der Waals surface area contributed by atoms with E-state index in [0.29, 0.717) is 30.3 Å². The van der Waals surface area contributed by atoms with Crippen LogP contribution in [0.4, 0.5) is 11.4 Å². The van der Waals surface area contributed by atoms with E-state index in [1.807, 2.05) is 18.2 Å². The van der Waals surface area contributed by atoms with Crippen molar-refractivity contribution < 1.29 is 9.66 Å². The van der Waals surface area contributed by atoms with Crippen molar-refractivity contribution in [3.63, 3.8) is 0 Å². The van der Waals surface area contributed by atoms with E-state index in [-0.39, 0.29) is 5.69 Å². The summed E-state index contributed by atoms with van der Waals surface area (Å²) in [4.78, 5) is 10.3. The fraction of sp³-hybridized carbons (Fsp3) is 0.200. The maximum Gasteiger partial charge on any atom is 0.271 e. The minimum absolute atomic E-state index is 0.0216. The van der Waals surface area contributed by atoms with Gasteiger partial charge in [-0.25, -0.2) is 0 Å². The summed E-state index contributed by atoms with van der Waals surface area (Å²) in [5, 5.41) is 20.0. The summed E-state index contributed by atoms with van der Waals surface area (Å²) in [6.07, 6.45) is 0. The Morgan fingerprint density at radius 1 is 1.11 bits per heavy atom.